The lowest BCUT2D eigenvalue weighted by atomic mass is 10.1. The Morgan fingerprint density at radius 3 is 2.71 bits per heavy atom. The fraction of sp³-hybridized carbons (Fsp3) is 0.562. The van der Waals surface area contributed by atoms with Gasteiger partial charge in [-0.05, 0) is 51.8 Å². The van der Waals surface area contributed by atoms with E-state index in [0.29, 0.717) is 18.8 Å². The van der Waals surface area contributed by atoms with Gasteiger partial charge < -0.3 is 15.0 Å². The first-order chi connectivity index (χ1) is 11.0. The first-order valence-electron chi connectivity index (χ1n) is 7.84. The van der Waals surface area contributed by atoms with Crippen molar-refractivity contribution in [1.82, 2.24) is 4.90 Å². The van der Waals surface area contributed by atoms with Crippen molar-refractivity contribution in [2.45, 2.75) is 50.2 Å². The van der Waals surface area contributed by atoms with E-state index in [2.05, 4.69) is 5.32 Å². The number of hydrogen-bond donors (Lipinski definition) is 1. The third-order valence-electron chi connectivity index (χ3n) is 3.56. The highest BCUT2D eigenvalue weighted by molar-refractivity contribution is 7.86. The largest absolute Gasteiger partial charge is 0.444 e. The van der Waals surface area contributed by atoms with Crippen molar-refractivity contribution < 1.29 is 21.8 Å². The number of benzene rings is 1. The molecule has 8 heteroatoms. The average Bonchev–Trinajstić information content (AvgIpc) is 2.45. The Morgan fingerprint density at radius 2 is 2.08 bits per heavy atom. The van der Waals surface area contributed by atoms with E-state index in [0.717, 1.165) is 12.8 Å². The zero-order valence-electron chi connectivity index (χ0n) is 14.1. The minimum absolute atomic E-state index is 0.0520. The molecule has 0 bridgehead atoms. The summed E-state index contributed by atoms with van der Waals surface area (Å²) in [5.74, 6) is 0. The summed E-state index contributed by atoms with van der Waals surface area (Å²) in [4.78, 5) is 13.4. The highest BCUT2D eigenvalue weighted by Crippen LogP contribution is 2.21. The SMILES string of the molecule is CC(C)(C)OC(=O)N1CCC[C@@H](Nc2cccc(S(=O)(=O)F)c2)C1. The molecule has 1 N–H and O–H groups in total. The predicted octanol–water partition coefficient (Wildman–Crippen LogP) is 3.16. The monoisotopic (exact) mass is 358 g/mol. The number of rotatable bonds is 3. The van der Waals surface area contributed by atoms with Crippen LogP contribution >= 0.6 is 0 Å². The number of anilines is 1. The molecule has 1 aliphatic heterocycles. The highest BCUT2D eigenvalue weighted by atomic mass is 32.3. The van der Waals surface area contributed by atoms with Gasteiger partial charge in [0.05, 0.1) is 0 Å². The second-order valence-corrected chi connectivity index (χ2v) is 8.22. The van der Waals surface area contributed by atoms with Crippen molar-refractivity contribution in [3.63, 3.8) is 0 Å². The Balaban J connectivity index is 2.02. The van der Waals surface area contributed by atoms with Gasteiger partial charge in [-0.3, -0.25) is 0 Å². The van der Waals surface area contributed by atoms with E-state index in [1.807, 2.05) is 20.8 Å². The first kappa shape index (κ1) is 18.5. The summed E-state index contributed by atoms with van der Waals surface area (Å²) in [5.41, 5.74) is -0.0499. The number of likely N-dealkylation sites (tertiary alicyclic amines) is 1. The standard InChI is InChI=1S/C16H23FN2O4S/c1-16(2,3)23-15(20)19-9-5-7-13(11-19)18-12-6-4-8-14(10-12)24(17,21)22/h4,6,8,10,13,18H,5,7,9,11H2,1-3H3/t13-/m1/s1. The van der Waals surface area contributed by atoms with Crippen LogP contribution in [0.4, 0.5) is 14.4 Å². The molecule has 1 saturated heterocycles. The third-order valence-corrected chi connectivity index (χ3v) is 4.38. The van der Waals surface area contributed by atoms with Gasteiger partial charge in [-0.25, -0.2) is 4.79 Å². The van der Waals surface area contributed by atoms with Gasteiger partial charge in [0.1, 0.15) is 10.5 Å². The van der Waals surface area contributed by atoms with E-state index in [-0.39, 0.29) is 17.0 Å². The van der Waals surface area contributed by atoms with Crippen LogP contribution in [0, 0.1) is 0 Å². The molecular formula is C16H23FN2O4S. The zero-order valence-corrected chi connectivity index (χ0v) is 14.9. The Hall–Kier alpha value is -1.83. The van der Waals surface area contributed by atoms with Crippen LogP contribution in [0.1, 0.15) is 33.6 Å². The molecule has 0 unspecified atom stereocenters. The van der Waals surface area contributed by atoms with Crippen LogP contribution in [-0.2, 0) is 15.0 Å². The number of halogens is 1. The van der Waals surface area contributed by atoms with Crippen molar-refractivity contribution in [2.75, 3.05) is 18.4 Å². The van der Waals surface area contributed by atoms with Crippen LogP contribution in [0.15, 0.2) is 29.2 Å². The number of carbonyl (C=O) groups excluding carboxylic acids is 1. The Bertz CT molecular complexity index is 700. The van der Waals surface area contributed by atoms with Crippen LogP contribution in [-0.4, -0.2) is 44.1 Å². The van der Waals surface area contributed by atoms with E-state index in [9.17, 15) is 17.1 Å². The summed E-state index contributed by atoms with van der Waals surface area (Å²) in [6.07, 6.45) is 1.26. The molecule has 1 atom stereocenters. The molecular weight excluding hydrogens is 335 g/mol. The van der Waals surface area contributed by atoms with Gasteiger partial charge >= 0.3 is 16.3 Å². The highest BCUT2D eigenvalue weighted by Gasteiger charge is 2.27. The van der Waals surface area contributed by atoms with Crippen LogP contribution in [0.3, 0.4) is 0 Å². The lowest BCUT2D eigenvalue weighted by Gasteiger charge is -2.34. The zero-order chi connectivity index (χ0) is 18.0. The van der Waals surface area contributed by atoms with Gasteiger partial charge in [-0.1, -0.05) is 6.07 Å². The topological polar surface area (TPSA) is 75.7 Å². The van der Waals surface area contributed by atoms with Gasteiger partial charge in [0.25, 0.3) is 0 Å². The number of amides is 1. The van der Waals surface area contributed by atoms with Crippen molar-refractivity contribution in [3.05, 3.63) is 24.3 Å². The van der Waals surface area contributed by atoms with Crippen LogP contribution in [0.2, 0.25) is 0 Å². The molecule has 0 saturated carbocycles. The maximum absolute atomic E-state index is 13.1. The molecule has 1 fully saturated rings. The molecule has 1 heterocycles. The Kier molecular flexibility index (Phi) is 5.37. The van der Waals surface area contributed by atoms with Gasteiger partial charge in [0.2, 0.25) is 0 Å². The van der Waals surface area contributed by atoms with Crippen LogP contribution in [0.25, 0.3) is 0 Å². The molecule has 2 rings (SSSR count). The molecule has 0 radical (unpaired) electrons. The molecule has 6 nitrogen and oxygen atoms in total. The van der Waals surface area contributed by atoms with Gasteiger partial charge in [-0.15, -0.1) is 3.89 Å². The molecule has 1 aromatic carbocycles. The second kappa shape index (κ2) is 6.96. The van der Waals surface area contributed by atoms with Crippen LogP contribution in [0.5, 0.6) is 0 Å². The molecule has 24 heavy (non-hydrogen) atoms. The van der Waals surface area contributed by atoms with Crippen molar-refractivity contribution in [1.29, 1.82) is 0 Å². The first-order valence-corrected chi connectivity index (χ1v) is 9.22. The average molecular weight is 358 g/mol. The van der Waals surface area contributed by atoms with Crippen molar-refractivity contribution >= 4 is 22.0 Å². The van der Waals surface area contributed by atoms with Gasteiger partial charge in [0.15, 0.2) is 0 Å². The van der Waals surface area contributed by atoms with E-state index in [4.69, 9.17) is 4.74 Å². The van der Waals surface area contributed by atoms with Gasteiger partial charge in [-0.2, -0.15) is 8.42 Å². The summed E-state index contributed by atoms with van der Waals surface area (Å²) in [6, 6.07) is 5.55. The minimum Gasteiger partial charge on any atom is -0.444 e. The summed E-state index contributed by atoms with van der Waals surface area (Å²) < 4.78 is 40.4. The van der Waals surface area contributed by atoms with Crippen molar-refractivity contribution in [2.24, 2.45) is 0 Å². The lowest BCUT2D eigenvalue weighted by molar-refractivity contribution is 0.0206. The smallest absolute Gasteiger partial charge is 0.410 e. The molecule has 134 valence electrons. The third kappa shape index (κ3) is 5.36. The van der Waals surface area contributed by atoms with E-state index >= 15 is 0 Å². The number of hydrogen-bond acceptors (Lipinski definition) is 5. The van der Waals surface area contributed by atoms with E-state index < -0.39 is 15.8 Å². The predicted molar refractivity (Wildman–Crippen MR) is 89.2 cm³/mol. The maximum atomic E-state index is 13.1. The summed E-state index contributed by atoms with van der Waals surface area (Å²) >= 11 is 0. The maximum Gasteiger partial charge on any atom is 0.410 e. The number of carbonyl (C=O) groups is 1. The summed E-state index contributed by atoms with van der Waals surface area (Å²) in [5, 5.41) is 3.16. The number of nitrogens with one attached hydrogen (secondary N) is 1. The van der Waals surface area contributed by atoms with E-state index in [1.54, 1.807) is 11.0 Å². The number of ether oxygens (including phenoxy) is 1. The summed E-state index contributed by atoms with van der Waals surface area (Å²) in [7, 11) is -4.74. The van der Waals surface area contributed by atoms with Gasteiger partial charge in [0, 0.05) is 24.8 Å². The quantitative estimate of drug-likeness (QED) is 0.840. The molecule has 0 spiro atoms. The molecule has 1 aromatic rings. The Labute approximate surface area is 142 Å². The molecule has 1 aliphatic rings. The molecule has 0 aliphatic carbocycles. The van der Waals surface area contributed by atoms with Crippen LogP contribution < -0.4 is 5.32 Å². The Morgan fingerprint density at radius 1 is 1.38 bits per heavy atom. The minimum atomic E-state index is -4.74. The number of piperidine rings is 1. The lowest BCUT2D eigenvalue weighted by Crippen LogP contribution is -2.46. The fourth-order valence-electron chi connectivity index (χ4n) is 2.56. The van der Waals surface area contributed by atoms with E-state index in [1.165, 1.54) is 18.2 Å². The number of nitrogens with zero attached hydrogens (tertiary/aromatic N) is 1. The molecule has 0 aromatic heterocycles. The summed E-state index contributed by atoms with van der Waals surface area (Å²) in [6.45, 7) is 6.50. The molecule has 1 amide bonds. The normalized spacial score (nSPS) is 19.0. The fourth-order valence-corrected chi connectivity index (χ4v) is 3.07. The second-order valence-electron chi connectivity index (χ2n) is 6.88. The van der Waals surface area contributed by atoms with Crippen molar-refractivity contribution in [3.8, 4) is 0 Å².